The van der Waals surface area contributed by atoms with E-state index in [9.17, 15) is 8.42 Å². The molecule has 0 fully saturated rings. The number of sulfone groups is 1. The molecule has 1 atom stereocenters. The van der Waals surface area contributed by atoms with E-state index in [1.165, 1.54) is 6.26 Å². The summed E-state index contributed by atoms with van der Waals surface area (Å²) in [6.45, 7) is 2.66. The van der Waals surface area contributed by atoms with Crippen LogP contribution in [0, 0.1) is 0 Å². The van der Waals surface area contributed by atoms with Crippen molar-refractivity contribution in [3.05, 3.63) is 18.2 Å². The number of imidazole rings is 1. The summed E-state index contributed by atoms with van der Waals surface area (Å²) in [7, 11) is -2.88. The van der Waals surface area contributed by atoms with Crippen LogP contribution in [0.4, 0.5) is 0 Å². The highest BCUT2D eigenvalue weighted by Crippen LogP contribution is 2.13. The molecule has 0 saturated carbocycles. The van der Waals surface area contributed by atoms with Gasteiger partial charge in [0, 0.05) is 25.0 Å². The Labute approximate surface area is 96.6 Å². The van der Waals surface area contributed by atoms with E-state index in [1.807, 2.05) is 11.5 Å². The van der Waals surface area contributed by atoms with Crippen LogP contribution in [0.5, 0.6) is 0 Å². The standard InChI is InChI=1S/C10H19N3O2S/c1-3-9(11)10-7-12-8-13(10)5-4-6-16(2,14)15/h7-9H,3-6,11H2,1-2H3/t9-/m1/s1. The van der Waals surface area contributed by atoms with Gasteiger partial charge in [-0.2, -0.15) is 0 Å². The average molecular weight is 245 g/mol. The SMILES string of the molecule is CC[C@@H](N)c1cncn1CCCS(C)(=O)=O. The highest BCUT2D eigenvalue weighted by molar-refractivity contribution is 7.90. The van der Waals surface area contributed by atoms with E-state index in [2.05, 4.69) is 4.98 Å². The van der Waals surface area contributed by atoms with E-state index in [0.717, 1.165) is 12.1 Å². The van der Waals surface area contributed by atoms with Gasteiger partial charge < -0.3 is 10.3 Å². The third-order valence-electron chi connectivity index (χ3n) is 2.48. The molecule has 0 aliphatic heterocycles. The van der Waals surface area contributed by atoms with Gasteiger partial charge in [-0.25, -0.2) is 13.4 Å². The van der Waals surface area contributed by atoms with E-state index in [0.29, 0.717) is 13.0 Å². The largest absolute Gasteiger partial charge is 0.333 e. The molecule has 92 valence electrons. The van der Waals surface area contributed by atoms with Crippen molar-refractivity contribution in [2.24, 2.45) is 5.73 Å². The van der Waals surface area contributed by atoms with Crippen LogP contribution in [0.25, 0.3) is 0 Å². The number of nitrogens with zero attached hydrogens (tertiary/aromatic N) is 2. The second kappa shape index (κ2) is 5.45. The van der Waals surface area contributed by atoms with Gasteiger partial charge in [0.25, 0.3) is 0 Å². The Kier molecular flexibility index (Phi) is 4.49. The molecule has 1 rings (SSSR count). The van der Waals surface area contributed by atoms with Crippen molar-refractivity contribution in [3.8, 4) is 0 Å². The van der Waals surface area contributed by atoms with Gasteiger partial charge in [0.2, 0.25) is 0 Å². The number of hydrogen-bond acceptors (Lipinski definition) is 4. The molecule has 16 heavy (non-hydrogen) atoms. The van der Waals surface area contributed by atoms with E-state index in [1.54, 1.807) is 12.5 Å². The van der Waals surface area contributed by atoms with Gasteiger partial charge >= 0.3 is 0 Å². The second-order valence-electron chi connectivity index (χ2n) is 4.01. The lowest BCUT2D eigenvalue weighted by atomic mass is 10.2. The number of rotatable bonds is 6. The zero-order chi connectivity index (χ0) is 12.2. The predicted molar refractivity (Wildman–Crippen MR) is 63.8 cm³/mol. The minimum Gasteiger partial charge on any atom is -0.333 e. The first-order valence-electron chi connectivity index (χ1n) is 5.37. The third kappa shape index (κ3) is 3.94. The topological polar surface area (TPSA) is 78.0 Å². The summed E-state index contributed by atoms with van der Waals surface area (Å²) in [6, 6.07) is -0.0271. The van der Waals surface area contributed by atoms with Crippen LogP contribution in [0.3, 0.4) is 0 Å². The Morgan fingerprint density at radius 2 is 2.25 bits per heavy atom. The normalized spacial score (nSPS) is 13.9. The Hall–Kier alpha value is -0.880. The minimum absolute atomic E-state index is 0.0271. The Morgan fingerprint density at radius 3 is 2.81 bits per heavy atom. The van der Waals surface area contributed by atoms with Crippen LogP contribution in [-0.2, 0) is 16.4 Å². The summed E-state index contributed by atoms with van der Waals surface area (Å²) in [5, 5.41) is 0. The molecule has 0 saturated heterocycles. The smallest absolute Gasteiger partial charge is 0.147 e. The summed E-state index contributed by atoms with van der Waals surface area (Å²) >= 11 is 0. The monoisotopic (exact) mass is 245 g/mol. The van der Waals surface area contributed by atoms with Crippen LogP contribution in [0.1, 0.15) is 31.5 Å². The fraction of sp³-hybridized carbons (Fsp3) is 0.700. The molecule has 0 aliphatic rings. The molecule has 0 aromatic carbocycles. The van der Waals surface area contributed by atoms with E-state index in [4.69, 9.17) is 5.73 Å². The third-order valence-corrected chi connectivity index (χ3v) is 3.51. The van der Waals surface area contributed by atoms with E-state index in [-0.39, 0.29) is 11.8 Å². The molecule has 0 spiro atoms. The second-order valence-corrected chi connectivity index (χ2v) is 6.27. The number of hydrogen-bond donors (Lipinski definition) is 1. The first kappa shape index (κ1) is 13.2. The predicted octanol–water partition coefficient (Wildman–Crippen LogP) is 0.728. The molecule has 6 heteroatoms. The lowest BCUT2D eigenvalue weighted by Crippen LogP contribution is -2.15. The van der Waals surface area contributed by atoms with Crippen molar-refractivity contribution in [1.82, 2.24) is 9.55 Å². The molecule has 0 bridgehead atoms. The van der Waals surface area contributed by atoms with Crippen molar-refractivity contribution < 1.29 is 8.42 Å². The van der Waals surface area contributed by atoms with Crippen LogP contribution in [-0.4, -0.2) is 30.0 Å². The minimum atomic E-state index is -2.88. The summed E-state index contributed by atoms with van der Waals surface area (Å²) in [5.41, 5.74) is 6.89. The van der Waals surface area contributed by atoms with Gasteiger partial charge in [-0.15, -0.1) is 0 Å². The molecule has 0 unspecified atom stereocenters. The summed E-state index contributed by atoms with van der Waals surface area (Å²) in [5.74, 6) is 0.200. The molecular weight excluding hydrogens is 226 g/mol. The highest BCUT2D eigenvalue weighted by atomic mass is 32.2. The van der Waals surface area contributed by atoms with Crippen LogP contribution >= 0.6 is 0 Å². The number of nitrogens with two attached hydrogens (primary N) is 1. The first-order valence-corrected chi connectivity index (χ1v) is 7.43. The van der Waals surface area contributed by atoms with Crippen LogP contribution in [0.2, 0.25) is 0 Å². The fourth-order valence-corrected chi connectivity index (χ4v) is 2.19. The van der Waals surface area contributed by atoms with Gasteiger partial charge in [-0.3, -0.25) is 0 Å². The van der Waals surface area contributed by atoms with Gasteiger partial charge in [0.15, 0.2) is 0 Å². The lowest BCUT2D eigenvalue weighted by Gasteiger charge is -2.12. The molecule has 0 radical (unpaired) electrons. The summed E-state index contributed by atoms with van der Waals surface area (Å²) < 4.78 is 23.9. The molecule has 1 aromatic heterocycles. The van der Waals surface area contributed by atoms with Gasteiger partial charge in [-0.1, -0.05) is 6.92 Å². The van der Waals surface area contributed by atoms with Gasteiger partial charge in [0.05, 0.1) is 17.8 Å². The molecule has 0 amide bonds. The average Bonchev–Trinajstić information content (AvgIpc) is 2.63. The van der Waals surface area contributed by atoms with Crippen molar-refractivity contribution in [3.63, 3.8) is 0 Å². The Morgan fingerprint density at radius 1 is 1.56 bits per heavy atom. The quantitative estimate of drug-likeness (QED) is 0.801. The van der Waals surface area contributed by atoms with E-state index < -0.39 is 9.84 Å². The maximum Gasteiger partial charge on any atom is 0.147 e. The molecule has 1 aromatic rings. The number of aryl methyl sites for hydroxylation is 1. The first-order chi connectivity index (χ1) is 7.44. The lowest BCUT2D eigenvalue weighted by molar-refractivity contribution is 0.570. The van der Waals surface area contributed by atoms with Crippen molar-refractivity contribution >= 4 is 9.84 Å². The van der Waals surface area contributed by atoms with Gasteiger partial charge in [-0.05, 0) is 12.8 Å². The number of aromatic nitrogens is 2. The molecular formula is C10H19N3O2S. The van der Waals surface area contributed by atoms with Crippen molar-refractivity contribution in [2.75, 3.05) is 12.0 Å². The Balaban J connectivity index is 2.58. The van der Waals surface area contributed by atoms with Crippen molar-refractivity contribution in [1.29, 1.82) is 0 Å². The van der Waals surface area contributed by atoms with Gasteiger partial charge in [0.1, 0.15) is 9.84 Å². The van der Waals surface area contributed by atoms with Crippen LogP contribution < -0.4 is 5.73 Å². The van der Waals surface area contributed by atoms with E-state index >= 15 is 0 Å². The zero-order valence-corrected chi connectivity index (χ0v) is 10.6. The molecule has 5 nitrogen and oxygen atoms in total. The highest BCUT2D eigenvalue weighted by Gasteiger charge is 2.10. The maximum atomic E-state index is 11.0. The fourth-order valence-electron chi connectivity index (χ4n) is 1.53. The maximum absolute atomic E-state index is 11.0. The van der Waals surface area contributed by atoms with Crippen molar-refractivity contribution in [2.45, 2.75) is 32.4 Å². The molecule has 2 N–H and O–H groups in total. The summed E-state index contributed by atoms with van der Waals surface area (Å²) in [6.07, 6.45) is 6.14. The zero-order valence-electron chi connectivity index (χ0n) is 9.76. The molecule has 0 aliphatic carbocycles. The van der Waals surface area contributed by atoms with Crippen LogP contribution in [0.15, 0.2) is 12.5 Å². The Bertz CT molecular complexity index is 425. The molecule has 1 heterocycles. The summed E-state index contributed by atoms with van der Waals surface area (Å²) in [4.78, 5) is 4.04.